The number of carbonyl (C=O) groups excluding carboxylic acids is 1. The third kappa shape index (κ3) is 2.19. The largest absolute Gasteiger partial charge is 0.351 e. The number of amides is 1. The van der Waals surface area contributed by atoms with Gasteiger partial charge >= 0.3 is 0 Å². The van der Waals surface area contributed by atoms with Crippen molar-refractivity contribution in [2.24, 2.45) is 0 Å². The van der Waals surface area contributed by atoms with Crippen LogP contribution in [0.15, 0.2) is 0 Å². The average Bonchev–Trinajstić information content (AvgIpc) is 2.02. The second-order valence-electron chi connectivity index (χ2n) is 3.85. The summed E-state index contributed by atoms with van der Waals surface area (Å²) in [5.41, 5.74) is 0. The lowest BCUT2D eigenvalue weighted by atomic mass is 10.0. The number of piperidine rings is 1. The molecule has 1 unspecified atom stereocenters. The third-order valence-electron chi connectivity index (χ3n) is 2.78. The zero-order valence-corrected chi connectivity index (χ0v) is 7.81. The van der Waals surface area contributed by atoms with Crippen LogP contribution in [0.5, 0.6) is 0 Å². The predicted molar refractivity (Wildman–Crippen MR) is 50.4 cm³/mol. The highest BCUT2D eigenvalue weighted by Crippen LogP contribution is 2.05. The summed E-state index contributed by atoms with van der Waals surface area (Å²) >= 11 is 0. The molecule has 0 aromatic carbocycles. The molecule has 74 valence electrons. The van der Waals surface area contributed by atoms with E-state index in [1.807, 2.05) is 0 Å². The Hall–Kier alpha value is -0.610. The zero-order valence-electron chi connectivity index (χ0n) is 7.81. The molecule has 2 aliphatic rings. The van der Waals surface area contributed by atoms with E-state index in [9.17, 15) is 4.79 Å². The van der Waals surface area contributed by atoms with Crippen molar-refractivity contribution in [1.82, 2.24) is 16.0 Å². The van der Waals surface area contributed by atoms with Gasteiger partial charge in [-0.05, 0) is 32.4 Å². The first kappa shape index (κ1) is 8.97. The minimum atomic E-state index is 0.0851. The first-order chi connectivity index (χ1) is 6.36. The van der Waals surface area contributed by atoms with Crippen LogP contribution in [-0.4, -0.2) is 37.6 Å². The van der Waals surface area contributed by atoms with Crippen molar-refractivity contribution in [3.05, 3.63) is 0 Å². The van der Waals surface area contributed by atoms with Crippen LogP contribution in [0.1, 0.15) is 19.3 Å². The molecule has 2 rings (SSSR count). The molecule has 2 aliphatic heterocycles. The molecule has 0 bridgehead atoms. The maximum atomic E-state index is 11.5. The van der Waals surface area contributed by atoms with E-state index < -0.39 is 0 Å². The number of hydrogen-bond acceptors (Lipinski definition) is 3. The highest BCUT2D eigenvalue weighted by atomic mass is 16.2. The summed E-state index contributed by atoms with van der Waals surface area (Å²) < 4.78 is 0. The van der Waals surface area contributed by atoms with E-state index in [-0.39, 0.29) is 11.9 Å². The van der Waals surface area contributed by atoms with Gasteiger partial charge < -0.3 is 16.0 Å². The van der Waals surface area contributed by atoms with Gasteiger partial charge in [0.1, 0.15) is 0 Å². The number of nitrogens with one attached hydrogen (secondary N) is 3. The van der Waals surface area contributed by atoms with Crippen molar-refractivity contribution in [2.75, 3.05) is 19.6 Å². The summed E-state index contributed by atoms with van der Waals surface area (Å²) in [7, 11) is 0. The molecule has 2 atom stereocenters. The fraction of sp³-hybridized carbons (Fsp3) is 0.889. The molecular weight excluding hydrogens is 166 g/mol. The van der Waals surface area contributed by atoms with Crippen molar-refractivity contribution < 1.29 is 4.79 Å². The van der Waals surface area contributed by atoms with Crippen LogP contribution in [0.4, 0.5) is 0 Å². The third-order valence-corrected chi connectivity index (χ3v) is 2.78. The smallest absolute Gasteiger partial charge is 0.237 e. The molecule has 4 heteroatoms. The minimum absolute atomic E-state index is 0.0851. The highest BCUT2D eigenvalue weighted by molar-refractivity contribution is 5.82. The zero-order chi connectivity index (χ0) is 9.10. The monoisotopic (exact) mass is 183 g/mol. The van der Waals surface area contributed by atoms with Gasteiger partial charge in [-0.3, -0.25) is 4.79 Å². The van der Waals surface area contributed by atoms with Crippen LogP contribution < -0.4 is 16.0 Å². The minimum Gasteiger partial charge on any atom is -0.351 e. The van der Waals surface area contributed by atoms with Gasteiger partial charge in [-0.1, -0.05) is 0 Å². The average molecular weight is 183 g/mol. The second-order valence-corrected chi connectivity index (χ2v) is 3.85. The molecule has 0 radical (unpaired) electrons. The van der Waals surface area contributed by atoms with Gasteiger partial charge in [-0.15, -0.1) is 0 Å². The normalized spacial score (nSPS) is 33.5. The standard InChI is InChI=1S/C9H17N3O/c13-9(8-3-5-11-8)12-7-2-1-4-10-6-7/h7-8,10-11H,1-6H2,(H,12,13)/t7?,8-/m1/s1. The molecule has 2 saturated heterocycles. The molecule has 0 aliphatic carbocycles. The summed E-state index contributed by atoms with van der Waals surface area (Å²) in [4.78, 5) is 11.5. The van der Waals surface area contributed by atoms with E-state index in [4.69, 9.17) is 0 Å². The Morgan fingerprint density at radius 2 is 2.15 bits per heavy atom. The molecule has 13 heavy (non-hydrogen) atoms. The molecule has 1 amide bonds. The molecule has 3 N–H and O–H groups in total. The Balaban J connectivity index is 1.72. The Morgan fingerprint density at radius 3 is 2.69 bits per heavy atom. The SMILES string of the molecule is O=C(NC1CCCNC1)[C@H]1CCN1. The summed E-state index contributed by atoms with van der Waals surface area (Å²) in [6.07, 6.45) is 3.28. The Kier molecular flexibility index (Phi) is 2.80. The fourth-order valence-corrected chi connectivity index (χ4v) is 1.79. The summed E-state index contributed by atoms with van der Waals surface area (Å²) in [5.74, 6) is 0.181. The summed E-state index contributed by atoms with van der Waals surface area (Å²) in [6, 6.07) is 0.436. The van der Waals surface area contributed by atoms with Crippen LogP contribution in [0, 0.1) is 0 Å². The highest BCUT2D eigenvalue weighted by Gasteiger charge is 2.26. The molecular formula is C9H17N3O. The van der Waals surface area contributed by atoms with Crippen LogP contribution >= 0.6 is 0 Å². The fourth-order valence-electron chi connectivity index (χ4n) is 1.79. The van der Waals surface area contributed by atoms with E-state index in [1.54, 1.807) is 0 Å². The van der Waals surface area contributed by atoms with Gasteiger partial charge in [0, 0.05) is 12.6 Å². The Labute approximate surface area is 78.5 Å². The van der Waals surface area contributed by atoms with Crippen LogP contribution in [-0.2, 0) is 4.79 Å². The van der Waals surface area contributed by atoms with Crippen molar-refractivity contribution in [3.63, 3.8) is 0 Å². The van der Waals surface area contributed by atoms with E-state index in [0.29, 0.717) is 6.04 Å². The Morgan fingerprint density at radius 1 is 1.31 bits per heavy atom. The molecule has 0 aromatic rings. The maximum absolute atomic E-state index is 11.5. The predicted octanol–water partition coefficient (Wildman–Crippen LogP) is -0.783. The number of hydrogen-bond donors (Lipinski definition) is 3. The van der Waals surface area contributed by atoms with E-state index in [2.05, 4.69) is 16.0 Å². The quantitative estimate of drug-likeness (QED) is 0.526. The van der Waals surface area contributed by atoms with E-state index in [0.717, 1.165) is 32.5 Å². The maximum Gasteiger partial charge on any atom is 0.237 e. The van der Waals surface area contributed by atoms with Crippen LogP contribution in [0.25, 0.3) is 0 Å². The number of rotatable bonds is 2. The molecule has 0 spiro atoms. The summed E-state index contributed by atoms with van der Waals surface area (Å²) in [5, 5.41) is 9.44. The number of carbonyl (C=O) groups is 1. The lowest BCUT2D eigenvalue weighted by Crippen LogP contribution is -2.57. The van der Waals surface area contributed by atoms with Crippen LogP contribution in [0.3, 0.4) is 0 Å². The Bertz CT molecular complexity index is 185. The molecule has 4 nitrogen and oxygen atoms in total. The lowest BCUT2D eigenvalue weighted by Gasteiger charge is -2.30. The van der Waals surface area contributed by atoms with Crippen molar-refractivity contribution in [2.45, 2.75) is 31.3 Å². The van der Waals surface area contributed by atoms with Gasteiger partial charge in [0.05, 0.1) is 6.04 Å². The van der Waals surface area contributed by atoms with Gasteiger partial charge in [0.15, 0.2) is 0 Å². The summed E-state index contributed by atoms with van der Waals surface area (Å²) in [6.45, 7) is 3.01. The van der Waals surface area contributed by atoms with Gasteiger partial charge in [0.2, 0.25) is 5.91 Å². The first-order valence-corrected chi connectivity index (χ1v) is 5.11. The van der Waals surface area contributed by atoms with Crippen molar-refractivity contribution in [1.29, 1.82) is 0 Å². The van der Waals surface area contributed by atoms with E-state index in [1.165, 1.54) is 6.42 Å². The van der Waals surface area contributed by atoms with Gasteiger partial charge in [-0.2, -0.15) is 0 Å². The van der Waals surface area contributed by atoms with Crippen molar-refractivity contribution in [3.8, 4) is 0 Å². The molecule has 2 heterocycles. The van der Waals surface area contributed by atoms with Gasteiger partial charge in [0.25, 0.3) is 0 Å². The first-order valence-electron chi connectivity index (χ1n) is 5.11. The molecule has 2 fully saturated rings. The van der Waals surface area contributed by atoms with Crippen LogP contribution in [0.2, 0.25) is 0 Å². The topological polar surface area (TPSA) is 53.2 Å². The second kappa shape index (κ2) is 4.07. The lowest BCUT2D eigenvalue weighted by molar-refractivity contribution is -0.125. The van der Waals surface area contributed by atoms with Crippen molar-refractivity contribution >= 4 is 5.91 Å². The molecule has 0 saturated carbocycles. The molecule has 0 aromatic heterocycles. The van der Waals surface area contributed by atoms with E-state index >= 15 is 0 Å². The van der Waals surface area contributed by atoms with Gasteiger partial charge in [-0.25, -0.2) is 0 Å².